The third kappa shape index (κ3) is 2.68. The van der Waals surface area contributed by atoms with E-state index in [1.54, 1.807) is 0 Å². The smallest absolute Gasteiger partial charge is 0.128 e. The van der Waals surface area contributed by atoms with Crippen molar-refractivity contribution in [3.05, 3.63) is 54.7 Å². The molecule has 0 N–H and O–H groups in total. The molecule has 3 atom stereocenters. The van der Waals surface area contributed by atoms with E-state index in [4.69, 9.17) is 4.74 Å². The third-order valence-electron chi connectivity index (χ3n) is 4.98. The Labute approximate surface area is 131 Å². The summed E-state index contributed by atoms with van der Waals surface area (Å²) in [5, 5.41) is 0. The number of nitrogens with zero attached hydrogens (tertiary/aromatic N) is 2. The quantitative estimate of drug-likeness (QED) is 0.861. The number of hydrogen-bond acceptors (Lipinski definition) is 3. The molecule has 22 heavy (non-hydrogen) atoms. The lowest BCUT2D eigenvalue weighted by molar-refractivity contribution is 0.0258. The highest BCUT2D eigenvalue weighted by Gasteiger charge is 2.41. The number of hydrogen-bond donors (Lipinski definition) is 0. The van der Waals surface area contributed by atoms with Gasteiger partial charge in [-0.05, 0) is 37.1 Å². The summed E-state index contributed by atoms with van der Waals surface area (Å²) in [5.41, 5.74) is 0. The molecule has 0 radical (unpaired) electrons. The Hall–Kier alpha value is -2.03. The van der Waals surface area contributed by atoms with Crippen molar-refractivity contribution >= 4 is 5.82 Å². The zero-order chi connectivity index (χ0) is 14.8. The van der Waals surface area contributed by atoms with Gasteiger partial charge in [-0.25, -0.2) is 4.98 Å². The molecule has 2 heterocycles. The number of benzene rings is 1. The van der Waals surface area contributed by atoms with Crippen LogP contribution in [0.4, 0.5) is 5.82 Å². The normalized spacial score (nSPS) is 27.5. The molecule has 1 aliphatic heterocycles. The second kappa shape index (κ2) is 5.99. The largest absolute Gasteiger partial charge is 0.490 e. The maximum Gasteiger partial charge on any atom is 0.128 e. The van der Waals surface area contributed by atoms with Gasteiger partial charge in [0.05, 0.1) is 0 Å². The number of fused-ring (bicyclic) bond motifs is 2. The van der Waals surface area contributed by atoms with Crippen LogP contribution in [0.1, 0.15) is 19.3 Å². The van der Waals surface area contributed by atoms with E-state index in [2.05, 4.69) is 34.1 Å². The number of rotatable bonds is 3. The summed E-state index contributed by atoms with van der Waals surface area (Å²) in [6.45, 7) is 2.12. The van der Waals surface area contributed by atoms with Crippen molar-refractivity contribution in [3.63, 3.8) is 0 Å². The first-order valence-corrected chi connectivity index (χ1v) is 8.28. The second-order valence-corrected chi connectivity index (χ2v) is 6.44. The van der Waals surface area contributed by atoms with Gasteiger partial charge >= 0.3 is 0 Å². The van der Waals surface area contributed by atoms with E-state index in [1.165, 1.54) is 19.3 Å². The summed E-state index contributed by atoms with van der Waals surface area (Å²) in [6, 6.07) is 16.5. The van der Waals surface area contributed by atoms with E-state index in [-0.39, 0.29) is 0 Å². The van der Waals surface area contributed by atoms with Gasteiger partial charge in [0.25, 0.3) is 0 Å². The van der Waals surface area contributed by atoms with Crippen LogP contribution < -0.4 is 9.64 Å². The summed E-state index contributed by atoms with van der Waals surface area (Å²) < 4.78 is 6.36. The molecule has 2 aliphatic rings. The SMILES string of the molecule is c1ccc(O[C@@H]2[C@@H]3CCC[C@H]2CN(c2ccccn2)C3)cc1. The predicted octanol–water partition coefficient (Wildman–Crippen LogP) is 3.77. The maximum atomic E-state index is 6.36. The number of ether oxygens (including phenoxy) is 1. The summed E-state index contributed by atoms with van der Waals surface area (Å²) in [4.78, 5) is 6.97. The van der Waals surface area contributed by atoms with E-state index in [0.717, 1.165) is 24.7 Å². The Morgan fingerprint density at radius 2 is 1.64 bits per heavy atom. The monoisotopic (exact) mass is 294 g/mol. The lowest BCUT2D eigenvalue weighted by atomic mass is 9.75. The topological polar surface area (TPSA) is 25.4 Å². The molecule has 2 bridgehead atoms. The Morgan fingerprint density at radius 1 is 0.909 bits per heavy atom. The fourth-order valence-corrected chi connectivity index (χ4v) is 3.96. The van der Waals surface area contributed by atoms with Gasteiger partial charge in [0.1, 0.15) is 17.7 Å². The molecule has 2 aromatic rings. The van der Waals surface area contributed by atoms with Gasteiger partial charge in [0.2, 0.25) is 0 Å². The van der Waals surface area contributed by atoms with Crippen molar-refractivity contribution < 1.29 is 4.74 Å². The van der Waals surface area contributed by atoms with E-state index >= 15 is 0 Å². The first-order valence-electron chi connectivity index (χ1n) is 8.28. The second-order valence-electron chi connectivity index (χ2n) is 6.44. The third-order valence-corrected chi connectivity index (χ3v) is 4.98. The minimum Gasteiger partial charge on any atom is -0.490 e. The van der Waals surface area contributed by atoms with Crippen molar-refractivity contribution in [2.24, 2.45) is 11.8 Å². The standard InChI is InChI=1S/C19H22N2O/c1-2-9-17(10-3-1)22-19-15-7-6-8-16(19)14-21(13-15)18-11-4-5-12-20-18/h1-5,9-12,15-16,19H,6-8,13-14H2/t15-,16+,19-. The molecule has 1 aromatic carbocycles. The highest BCUT2D eigenvalue weighted by atomic mass is 16.5. The molecule has 1 aliphatic carbocycles. The van der Waals surface area contributed by atoms with Crippen LogP contribution in [0.15, 0.2) is 54.7 Å². The molecule has 4 rings (SSSR count). The van der Waals surface area contributed by atoms with E-state index in [1.807, 2.05) is 30.5 Å². The summed E-state index contributed by atoms with van der Waals surface area (Å²) in [7, 11) is 0. The Bertz CT molecular complexity index is 587. The molecule has 1 saturated heterocycles. The van der Waals surface area contributed by atoms with Gasteiger partial charge in [-0.1, -0.05) is 30.7 Å². The summed E-state index contributed by atoms with van der Waals surface area (Å²) in [5.74, 6) is 3.33. The Balaban J connectivity index is 1.52. The molecule has 3 heteroatoms. The maximum absolute atomic E-state index is 6.36. The molecular formula is C19H22N2O. The number of aromatic nitrogens is 1. The highest BCUT2D eigenvalue weighted by molar-refractivity contribution is 5.39. The Morgan fingerprint density at radius 3 is 2.32 bits per heavy atom. The van der Waals surface area contributed by atoms with E-state index < -0.39 is 0 Å². The predicted molar refractivity (Wildman–Crippen MR) is 88.1 cm³/mol. The highest BCUT2D eigenvalue weighted by Crippen LogP contribution is 2.38. The van der Waals surface area contributed by atoms with Crippen LogP contribution in [-0.4, -0.2) is 24.2 Å². The molecular weight excluding hydrogens is 272 g/mol. The first-order chi connectivity index (χ1) is 10.9. The fraction of sp³-hybridized carbons (Fsp3) is 0.421. The van der Waals surface area contributed by atoms with Gasteiger partial charge in [-0.2, -0.15) is 0 Å². The molecule has 3 nitrogen and oxygen atoms in total. The van der Waals surface area contributed by atoms with Gasteiger partial charge in [0.15, 0.2) is 0 Å². The molecule has 114 valence electrons. The van der Waals surface area contributed by atoms with Crippen molar-refractivity contribution in [2.75, 3.05) is 18.0 Å². The lowest BCUT2D eigenvalue weighted by Crippen LogP contribution is -2.54. The number of pyridine rings is 1. The minimum absolute atomic E-state index is 0.358. The van der Waals surface area contributed by atoms with Gasteiger partial charge in [0, 0.05) is 31.1 Å². The molecule has 0 spiro atoms. The first kappa shape index (κ1) is 13.6. The van der Waals surface area contributed by atoms with Crippen molar-refractivity contribution in [1.82, 2.24) is 4.98 Å². The zero-order valence-corrected chi connectivity index (χ0v) is 12.8. The zero-order valence-electron chi connectivity index (χ0n) is 12.8. The van der Waals surface area contributed by atoms with Gasteiger partial charge in [-0.15, -0.1) is 0 Å². The lowest BCUT2D eigenvalue weighted by Gasteiger charge is -2.47. The molecule has 0 unspecified atom stereocenters. The van der Waals surface area contributed by atoms with Crippen LogP contribution in [0.3, 0.4) is 0 Å². The number of para-hydroxylation sites is 1. The van der Waals surface area contributed by atoms with Crippen molar-refractivity contribution in [2.45, 2.75) is 25.4 Å². The molecule has 0 amide bonds. The van der Waals surface area contributed by atoms with Crippen LogP contribution in [0, 0.1) is 11.8 Å². The van der Waals surface area contributed by atoms with Crippen molar-refractivity contribution in [3.8, 4) is 5.75 Å². The van der Waals surface area contributed by atoms with Crippen LogP contribution >= 0.6 is 0 Å². The van der Waals surface area contributed by atoms with Crippen LogP contribution in [-0.2, 0) is 0 Å². The minimum atomic E-state index is 0.358. The van der Waals surface area contributed by atoms with Crippen LogP contribution in [0.2, 0.25) is 0 Å². The van der Waals surface area contributed by atoms with Crippen molar-refractivity contribution in [1.29, 1.82) is 0 Å². The summed E-state index contributed by atoms with van der Waals surface area (Å²) in [6.07, 6.45) is 6.10. The molecule has 1 aromatic heterocycles. The average molecular weight is 294 g/mol. The number of anilines is 1. The van der Waals surface area contributed by atoms with E-state index in [0.29, 0.717) is 17.9 Å². The van der Waals surface area contributed by atoms with Crippen LogP contribution in [0.5, 0.6) is 5.75 Å². The van der Waals surface area contributed by atoms with Crippen LogP contribution in [0.25, 0.3) is 0 Å². The van der Waals surface area contributed by atoms with Gasteiger partial charge < -0.3 is 9.64 Å². The number of piperidine rings is 1. The summed E-state index contributed by atoms with van der Waals surface area (Å²) >= 11 is 0. The van der Waals surface area contributed by atoms with Gasteiger partial charge in [-0.3, -0.25) is 0 Å². The Kier molecular flexibility index (Phi) is 3.71. The molecule has 1 saturated carbocycles. The average Bonchev–Trinajstić information content (AvgIpc) is 2.56. The fourth-order valence-electron chi connectivity index (χ4n) is 3.96. The van der Waals surface area contributed by atoms with E-state index in [9.17, 15) is 0 Å². The molecule has 2 fully saturated rings.